The van der Waals surface area contributed by atoms with Crippen LogP contribution in [0.5, 0.6) is 5.75 Å². The molecule has 6 nitrogen and oxygen atoms in total. The molecule has 0 fully saturated rings. The Labute approximate surface area is 198 Å². The quantitative estimate of drug-likeness (QED) is 0.362. The molecule has 0 radical (unpaired) electrons. The summed E-state index contributed by atoms with van der Waals surface area (Å²) < 4.78 is 31.2. The predicted molar refractivity (Wildman–Crippen MR) is 127 cm³/mol. The Balaban J connectivity index is 1.84. The number of carbonyl (C=O) groups excluding carboxylic acids is 1. The number of amides is 1. The minimum absolute atomic E-state index is 0.0724. The maximum absolute atomic E-state index is 12.2. The van der Waals surface area contributed by atoms with Gasteiger partial charge in [-0.15, -0.1) is 0 Å². The van der Waals surface area contributed by atoms with Gasteiger partial charge in [0.1, 0.15) is 12.4 Å². The highest BCUT2D eigenvalue weighted by atomic mass is 35.5. The normalized spacial score (nSPS) is 11.3. The lowest BCUT2D eigenvalue weighted by atomic mass is 10.1. The Kier molecular flexibility index (Phi) is 9.30. The van der Waals surface area contributed by atoms with E-state index in [1.54, 1.807) is 0 Å². The van der Waals surface area contributed by atoms with Crippen LogP contribution < -0.4 is 14.4 Å². The molecule has 2 rings (SSSR count). The van der Waals surface area contributed by atoms with E-state index in [4.69, 9.17) is 39.5 Å². The number of aryl methyl sites for hydroxylation is 2. The van der Waals surface area contributed by atoms with Crippen molar-refractivity contribution in [2.45, 2.75) is 26.7 Å². The second-order valence-electron chi connectivity index (χ2n) is 7.12. The summed E-state index contributed by atoms with van der Waals surface area (Å²) in [7, 11) is -3.63. The van der Waals surface area contributed by atoms with Crippen LogP contribution in [-0.4, -0.2) is 40.3 Å². The number of carbonyl (C=O) groups is 1. The van der Waals surface area contributed by atoms with Gasteiger partial charge in [0.25, 0.3) is 0 Å². The standard InChI is InChI=1S/C21H25Cl3N2O4S/c1-14-6-7-20(15(2)11-14)30-10-8-25-21(27)5-4-9-26(31(3,28)29)19-13-17(23)16(22)12-18(19)24/h6-7,11-13H,4-5,8-10H2,1-3H3,(H,25,27). The van der Waals surface area contributed by atoms with Crippen molar-refractivity contribution in [3.63, 3.8) is 0 Å². The molecule has 1 N–H and O–H groups in total. The molecule has 0 saturated carbocycles. The van der Waals surface area contributed by atoms with Gasteiger partial charge in [-0.05, 0) is 44.0 Å². The Morgan fingerprint density at radius 2 is 1.74 bits per heavy atom. The Hall–Kier alpha value is -1.67. The van der Waals surface area contributed by atoms with E-state index >= 15 is 0 Å². The molecule has 170 valence electrons. The van der Waals surface area contributed by atoms with E-state index in [1.807, 2.05) is 32.0 Å². The fraction of sp³-hybridized carbons (Fsp3) is 0.381. The molecule has 0 aliphatic heterocycles. The van der Waals surface area contributed by atoms with E-state index < -0.39 is 10.0 Å². The third kappa shape index (κ3) is 7.75. The molecule has 0 saturated heterocycles. The number of halogens is 3. The van der Waals surface area contributed by atoms with Crippen molar-refractivity contribution >= 4 is 56.4 Å². The zero-order chi connectivity index (χ0) is 23.2. The molecule has 0 bridgehead atoms. The van der Waals surface area contributed by atoms with Crippen molar-refractivity contribution in [2.24, 2.45) is 0 Å². The van der Waals surface area contributed by atoms with E-state index in [1.165, 1.54) is 12.1 Å². The Bertz CT molecular complexity index is 1050. The Morgan fingerprint density at radius 3 is 2.39 bits per heavy atom. The van der Waals surface area contributed by atoms with Gasteiger partial charge >= 0.3 is 0 Å². The third-order valence-electron chi connectivity index (χ3n) is 4.44. The number of benzene rings is 2. The van der Waals surface area contributed by atoms with Crippen LogP contribution in [0.25, 0.3) is 0 Å². The van der Waals surface area contributed by atoms with Crippen molar-refractivity contribution in [1.82, 2.24) is 5.32 Å². The molecule has 2 aromatic carbocycles. The smallest absolute Gasteiger partial charge is 0.232 e. The fourth-order valence-corrected chi connectivity index (χ4v) is 4.61. The summed E-state index contributed by atoms with van der Waals surface area (Å²) >= 11 is 18.1. The highest BCUT2D eigenvalue weighted by Crippen LogP contribution is 2.35. The second kappa shape index (κ2) is 11.3. The van der Waals surface area contributed by atoms with E-state index in [0.717, 1.165) is 27.4 Å². The van der Waals surface area contributed by atoms with Crippen LogP contribution in [0, 0.1) is 13.8 Å². The van der Waals surface area contributed by atoms with Crippen LogP contribution in [0.2, 0.25) is 15.1 Å². The number of nitrogens with zero attached hydrogens (tertiary/aromatic N) is 1. The zero-order valence-corrected chi connectivity index (χ0v) is 20.6. The van der Waals surface area contributed by atoms with Crippen molar-refractivity contribution < 1.29 is 17.9 Å². The van der Waals surface area contributed by atoms with Crippen LogP contribution in [0.3, 0.4) is 0 Å². The molecule has 10 heteroatoms. The van der Waals surface area contributed by atoms with Gasteiger partial charge < -0.3 is 10.1 Å². The third-order valence-corrected chi connectivity index (χ3v) is 6.64. The van der Waals surface area contributed by atoms with Gasteiger partial charge in [-0.1, -0.05) is 52.5 Å². The summed E-state index contributed by atoms with van der Waals surface area (Å²) in [5.41, 5.74) is 2.41. The summed E-state index contributed by atoms with van der Waals surface area (Å²) in [6.07, 6.45) is 1.51. The summed E-state index contributed by atoms with van der Waals surface area (Å²) in [6.45, 7) is 4.74. The lowest BCUT2D eigenvalue weighted by Gasteiger charge is -2.24. The first kappa shape index (κ1) is 25.6. The zero-order valence-electron chi connectivity index (χ0n) is 17.5. The van der Waals surface area contributed by atoms with Gasteiger partial charge in [-0.2, -0.15) is 0 Å². The van der Waals surface area contributed by atoms with E-state index in [0.29, 0.717) is 19.6 Å². The molecule has 0 atom stereocenters. The molecule has 0 aliphatic carbocycles. The van der Waals surface area contributed by atoms with Crippen LogP contribution in [0.15, 0.2) is 30.3 Å². The monoisotopic (exact) mass is 506 g/mol. The fourth-order valence-electron chi connectivity index (χ4n) is 2.95. The first-order chi connectivity index (χ1) is 14.5. The van der Waals surface area contributed by atoms with Crippen LogP contribution >= 0.6 is 34.8 Å². The highest BCUT2D eigenvalue weighted by molar-refractivity contribution is 7.92. The SMILES string of the molecule is Cc1ccc(OCCNC(=O)CCCN(c2cc(Cl)c(Cl)cc2Cl)S(C)(=O)=O)c(C)c1. The molecule has 0 spiro atoms. The molecular weight excluding hydrogens is 483 g/mol. The van der Waals surface area contributed by atoms with Crippen LogP contribution in [0.1, 0.15) is 24.0 Å². The lowest BCUT2D eigenvalue weighted by Crippen LogP contribution is -2.33. The van der Waals surface area contributed by atoms with Crippen LogP contribution in [0.4, 0.5) is 5.69 Å². The van der Waals surface area contributed by atoms with E-state index in [2.05, 4.69) is 5.32 Å². The van der Waals surface area contributed by atoms with E-state index in [-0.39, 0.29) is 39.6 Å². The maximum atomic E-state index is 12.2. The van der Waals surface area contributed by atoms with Gasteiger partial charge in [0.05, 0.1) is 33.6 Å². The summed E-state index contributed by atoms with van der Waals surface area (Å²) in [5, 5.41) is 3.35. The predicted octanol–water partition coefficient (Wildman–Crippen LogP) is 5.01. The molecule has 0 heterocycles. The van der Waals surface area contributed by atoms with Crippen LogP contribution in [-0.2, 0) is 14.8 Å². The minimum Gasteiger partial charge on any atom is -0.491 e. The second-order valence-corrected chi connectivity index (χ2v) is 10.3. The van der Waals surface area contributed by atoms with Crippen molar-refractivity contribution in [3.05, 3.63) is 56.5 Å². The Morgan fingerprint density at radius 1 is 1.06 bits per heavy atom. The van der Waals surface area contributed by atoms with Gasteiger partial charge in [0, 0.05) is 13.0 Å². The number of ether oxygens (including phenoxy) is 1. The summed E-state index contributed by atoms with van der Waals surface area (Å²) in [6, 6.07) is 8.69. The molecule has 0 aliphatic rings. The van der Waals surface area contributed by atoms with Gasteiger partial charge in [0.15, 0.2) is 0 Å². The summed E-state index contributed by atoms with van der Waals surface area (Å²) in [5.74, 6) is 0.583. The molecule has 0 aromatic heterocycles. The number of anilines is 1. The highest BCUT2D eigenvalue weighted by Gasteiger charge is 2.21. The number of nitrogens with one attached hydrogen (secondary N) is 1. The number of rotatable bonds is 10. The molecule has 31 heavy (non-hydrogen) atoms. The average Bonchev–Trinajstić information content (AvgIpc) is 2.66. The molecular formula is C21H25Cl3N2O4S. The molecule has 1 amide bonds. The topological polar surface area (TPSA) is 75.7 Å². The molecule has 2 aromatic rings. The molecule has 0 unspecified atom stereocenters. The average molecular weight is 508 g/mol. The number of hydrogen-bond acceptors (Lipinski definition) is 4. The van der Waals surface area contributed by atoms with Crippen molar-refractivity contribution in [3.8, 4) is 5.75 Å². The first-order valence-electron chi connectivity index (χ1n) is 9.58. The van der Waals surface area contributed by atoms with Gasteiger partial charge in [-0.3, -0.25) is 9.10 Å². The van der Waals surface area contributed by atoms with Crippen molar-refractivity contribution in [1.29, 1.82) is 0 Å². The number of sulfonamides is 1. The maximum Gasteiger partial charge on any atom is 0.232 e. The summed E-state index contributed by atoms with van der Waals surface area (Å²) in [4.78, 5) is 12.1. The first-order valence-corrected chi connectivity index (χ1v) is 12.6. The number of hydrogen-bond donors (Lipinski definition) is 1. The van der Waals surface area contributed by atoms with Gasteiger partial charge in [0.2, 0.25) is 15.9 Å². The largest absolute Gasteiger partial charge is 0.491 e. The van der Waals surface area contributed by atoms with E-state index in [9.17, 15) is 13.2 Å². The lowest BCUT2D eigenvalue weighted by molar-refractivity contribution is -0.121. The minimum atomic E-state index is -3.63. The van der Waals surface area contributed by atoms with Gasteiger partial charge in [-0.25, -0.2) is 8.42 Å². The van der Waals surface area contributed by atoms with Crippen molar-refractivity contribution in [2.75, 3.05) is 30.3 Å².